The quantitative estimate of drug-likeness (QED) is 0.642. The van der Waals surface area contributed by atoms with Gasteiger partial charge in [0.1, 0.15) is 11.5 Å². The van der Waals surface area contributed by atoms with E-state index in [9.17, 15) is 22.8 Å². The van der Waals surface area contributed by atoms with E-state index in [4.69, 9.17) is 0 Å². The van der Waals surface area contributed by atoms with Crippen molar-refractivity contribution in [2.75, 3.05) is 23.3 Å². The van der Waals surface area contributed by atoms with Crippen molar-refractivity contribution in [1.29, 1.82) is 0 Å². The fourth-order valence-electron chi connectivity index (χ4n) is 4.02. The fraction of sp³-hybridized carbons (Fsp3) is 0.400. The average Bonchev–Trinajstić information content (AvgIpc) is 3.09. The van der Waals surface area contributed by atoms with E-state index in [1.165, 1.54) is 6.07 Å². The molecular weight excluding hydrogens is 465 g/mol. The summed E-state index contributed by atoms with van der Waals surface area (Å²) in [5.41, 5.74) is 1.14. The number of pyridine rings is 2. The Balaban J connectivity index is 1.62. The number of hydrogen-bond donors (Lipinski definition) is 1. The van der Waals surface area contributed by atoms with Gasteiger partial charge in [-0.3, -0.25) is 9.59 Å². The lowest BCUT2D eigenvalue weighted by Crippen LogP contribution is -2.36. The van der Waals surface area contributed by atoms with Crippen LogP contribution in [0.2, 0.25) is 0 Å². The van der Waals surface area contributed by atoms with Crippen LogP contribution in [0.5, 0.6) is 0 Å². The van der Waals surface area contributed by atoms with Gasteiger partial charge in [0.15, 0.2) is 5.78 Å². The Bertz CT molecular complexity index is 998. The third kappa shape index (κ3) is 4.33. The number of alkyl halides is 3. The molecular formula is C20H18BrF3N4O2. The zero-order chi connectivity index (χ0) is 21.5. The van der Waals surface area contributed by atoms with Crippen LogP contribution in [0.1, 0.15) is 41.4 Å². The highest BCUT2D eigenvalue weighted by molar-refractivity contribution is 9.10. The van der Waals surface area contributed by atoms with Crippen LogP contribution >= 0.6 is 15.9 Å². The first-order chi connectivity index (χ1) is 14.2. The lowest BCUT2D eigenvalue weighted by Gasteiger charge is -2.32. The van der Waals surface area contributed by atoms with Crippen LogP contribution in [0, 0.1) is 5.92 Å². The first-order valence-corrected chi connectivity index (χ1v) is 10.3. The van der Waals surface area contributed by atoms with Crippen molar-refractivity contribution in [3.05, 3.63) is 46.3 Å². The summed E-state index contributed by atoms with van der Waals surface area (Å²) < 4.78 is 38.2. The maximum absolute atomic E-state index is 13.1. The van der Waals surface area contributed by atoms with Crippen LogP contribution in [0.15, 0.2) is 34.9 Å². The molecule has 0 radical (unpaired) electrons. The topological polar surface area (TPSA) is 75.2 Å². The van der Waals surface area contributed by atoms with Gasteiger partial charge in [0.05, 0.1) is 23.7 Å². The predicted molar refractivity (Wildman–Crippen MR) is 107 cm³/mol. The number of carbonyl (C=O) groups excluding carboxylic acids is 2. The van der Waals surface area contributed by atoms with Crippen molar-refractivity contribution in [3.8, 4) is 0 Å². The van der Waals surface area contributed by atoms with Crippen LogP contribution in [-0.2, 0) is 4.79 Å². The third-order valence-corrected chi connectivity index (χ3v) is 5.90. The number of rotatable bonds is 5. The van der Waals surface area contributed by atoms with Gasteiger partial charge in [-0.1, -0.05) is 15.9 Å². The summed E-state index contributed by atoms with van der Waals surface area (Å²) in [6.45, 7) is 1.46. The van der Waals surface area contributed by atoms with Crippen molar-refractivity contribution >= 4 is 39.1 Å². The number of nitrogens with one attached hydrogen (secondary N) is 1. The molecule has 158 valence electrons. The average molecular weight is 483 g/mol. The van der Waals surface area contributed by atoms with Gasteiger partial charge in [0.25, 0.3) is 0 Å². The summed E-state index contributed by atoms with van der Waals surface area (Å²) in [5, 5.41) is 2.80. The van der Waals surface area contributed by atoms with Crippen molar-refractivity contribution in [3.63, 3.8) is 0 Å². The van der Waals surface area contributed by atoms with Gasteiger partial charge in [-0.2, -0.15) is 13.2 Å². The molecule has 1 amide bonds. The number of nitrogens with zero attached hydrogens (tertiary/aromatic N) is 3. The van der Waals surface area contributed by atoms with E-state index < -0.39 is 30.7 Å². The minimum Gasteiger partial charge on any atom is -0.370 e. The maximum atomic E-state index is 13.1. The molecule has 1 unspecified atom stereocenters. The monoisotopic (exact) mass is 482 g/mol. The number of anilines is 2. The largest absolute Gasteiger partial charge is 0.389 e. The normalized spacial score (nSPS) is 20.1. The maximum Gasteiger partial charge on any atom is 0.389 e. The molecule has 0 saturated carbocycles. The first-order valence-electron chi connectivity index (χ1n) is 9.49. The molecule has 0 aromatic carbocycles. The summed E-state index contributed by atoms with van der Waals surface area (Å²) in [7, 11) is 0. The third-order valence-electron chi connectivity index (χ3n) is 5.41. The molecule has 10 heteroatoms. The molecule has 4 rings (SSSR count). The van der Waals surface area contributed by atoms with E-state index in [0.717, 1.165) is 23.1 Å². The van der Waals surface area contributed by atoms with Gasteiger partial charge >= 0.3 is 6.18 Å². The minimum absolute atomic E-state index is 0.0117. The summed E-state index contributed by atoms with van der Waals surface area (Å²) in [6.07, 6.45) is -3.92. The van der Waals surface area contributed by atoms with E-state index >= 15 is 0 Å². The van der Waals surface area contributed by atoms with Gasteiger partial charge in [0, 0.05) is 30.2 Å². The van der Waals surface area contributed by atoms with Gasteiger partial charge in [0.2, 0.25) is 5.91 Å². The van der Waals surface area contributed by atoms with Crippen LogP contribution in [0.25, 0.3) is 0 Å². The number of carbonyl (C=O) groups is 2. The lowest BCUT2D eigenvalue weighted by molar-refractivity contribution is -0.133. The number of hydrogen-bond acceptors (Lipinski definition) is 5. The van der Waals surface area contributed by atoms with Gasteiger partial charge in [-0.05, 0) is 36.6 Å². The van der Waals surface area contributed by atoms with Gasteiger partial charge < -0.3 is 10.2 Å². The summed E-state index contributed by atoms with van der Waals surface area (Å²) >= 11 is 3.33. The zero-order valence-electron chi connectivity index (χ0n) is 15.7. The molecule has 4 heterocycles. The summed E-state index contributed by atoms with van der Waals surface area (Å²) in [4.78, 5) is 36.0. The van der Waals surface area contributed by atoms with Gasteiger partial charge in [-0.25, -0.2) is 9.97 Å². The Kier molecular flexibility index (Phi) is 5.52. The second-order valence-corrected chi connectivity index (χ2v) is 8.38. The van der Waals surface area contributed by atoms with E-state index in [0.29, 0.717) is 18.1 Å². The van der Waals surface area contributed by atoms with Crippen LogP contribution < -0.4 is 10.2 Å². The molecule has 2 bridgehead atoms. The number of amides is 1. The smallest absolute Gasteiger partial charge is 0.370 e. The molecule has 1 N–H and O–H groups in total. The molecule has 6 nitrogen and oxygen atoms in total. The highest BCUT2D eigenvalue weighted by atomic mass is 79.9. The Hall–Kier alpha value is -2.49. The number of halogens is 4. The Morgan fingerprint density at radius 2 is 2.07 bits per heavy atom. The molecule has 2 aromatic rings. The summed E-state index contributed by atoms with van der Waals surface area (Å²) in [6, 6.07) is 6.54. The second kappa shape index (κ2) is 7.98. The molecule has 2 aliphatic heterocycles. The van der Waals surface area contributed by atoms with Crippen molar-refractivity contribution in [2.45, 2.75) is 31.4 Å². The molecule has 1 fully saturated rings. The number of ketones is 1. The highest BCUT2D eigenvalue weighted by Crippen LogP contribution is 2.44. The minimum atomic E-state index is -4.41. The predicted octanol–water partition coefficient (Wildman–Crippen LogP) is 4.33. The Morgan fingerprint density at radius 3 is 2.80 bits per heavy atom. The van der Waals surface area contributed by atoms with Gasteiger partial charge in [-0.15, -0.1) is 0 Å². The molecule has 30 heavy (non-hydrogen) atoms. The first kappa shape index (κ1) is 20.8. The number of Topliss-reactive ketones (excluding diaryl/α,β-unsaturated/α-hetero) is 1. The van der Waals surface area contributed by atoms with Crippen LogP contribution in [0.3, 0.4) is 0 Å². The summed E-state index contributed by atoms with van der Waals surface area (Å²) in [5.74, 6) is -1.18. The molecule has 2 aromatic heterocycles. The molecule has 2 atom stereocenters. The van der Waals surface area contributed by atoms with Crippen molar-refractivity contribution in [1.82, 2.24) is 9.97 Å². The van der Waals surface area contributed by atoms with E-state index in [1.807, 2.05) is 0 Å². The number of fused-ring (bicyclic) bond motifs is 4. The van der Waals surface area contributed by atoms with E-state index in [-0.39, 0.29) is 17.5 Å². The fourth-order valence-corrected chi connectivity index (χ4v) is 4.35. The molecule has 1 saturated heterocycles. The van der Waals surface area contributed by atoms with E-state index in [1.54, 1.807) is 24.4 Å². The standard InChI is InChI=1S/C20H18BrF3N4O2/c21-12-4-7-25-16(9-12)27-19(30)17-11-5-8-28(10-11)14-2-1-13(26-18(14)17)15(29)3-6-20(22,23)24/h1-2,4,7,9,11,17H,3,5-6,8,10H2,(H,25,27,30)/t11-,17?/m0/s1. The highest BCUT2D eigenvalue weighted by Gasteiger charge is 2.43. The molecule has 0 spiro atoms. The van der Waals surface area contributed by atoms with E-state index in [2.05, 4.69) is 36.1 Å². The SMILES string of the molecule is O=C(CCC(F)(F)F)c1ccc2c(n1)C(C(=O)Nc1cc(Br)ccn1)[C@H]1CCN2C1. The lowest BCUT2D eigenvalue weighted by atomic mass is 9.84. The number of aromatic nitrogens is 2. The Labute approximate surface area is 179 Å². The zero-order valence-corrected chi connectivity index (χ0v) is 17.3. The molecule has 0 aliphatic carbocycles. The Morgan fingerprint density at radius 1 is 1.27 bits per heavy atom. The van der Waals surface area contributed by atoms with Crippen LogP contribution in [-0.4, -0.2) is 40.9 Å². The molecule has 2 aliphatic rings. The van der Waals surface area contributed by atoms with Crippen LogP contribution in [0.4, 0.5) is 24.7 Å². The van der Waals surface area contributed by atoms with Crippen molar-refractivity contribution < 1.29 is 22.8 Å². The van der Waals surface area contributed by atoms with Crippen molar-refractivity contribution in [2.24, 2.45) is 5.92 Å². The second-order valence-electron chi connectivity index (χ2n) is 7.46.